The minimum atomic E-state index is 0.117. The van der Waals surface area contributed by atoms with Crippen molar-refractivity contribution in [1.29, 1.82) is 0 Å². The van der Waals surface area contributed by atoms with Crippen molar-refractivity contribution in [3.8, 4) is 0 Å². The summed E-state index contributed by atoms with van der Waals surface area (Å²) in [5.74, 6) is 0.117. The van der Waals surface area contributed by atoms with Gasteiger partial charge in [0.05, 0.1) is 11.8 Å². The van der Waals surface area contributed by atoms with E-state index < -0.39 is 0 Å². The van der Waals surface area contributed by atoms with Gasteiger partial charge in [-0.25, -0.2) is 0 Å². The van der Waals surface area contributed by atoms with E-state index in [1.165, 1.54) is 0 Å². The highest BCUT2D eigenvalue weighted by molar-refractivity contribution is 5.95. The lowest BCUT2D eigenvalue weighted by atomic mass is 10.1. The Kier molecular flexibility index (Phi) is 4.18. The van der Waals surface area contributed by atoms with Crippen LogP contribution in [0.25, 0.3) is 0 Å². The van der Waals surface area contributed by atoms with Crippen LogP contribution in [0.5, 0.6) is 0 Å². The second-order valence-corrected chi connectivity index (χ2v) is 6.57. The molecule has 0 radical (unpaired) electrons. The zero-order valence-corrected chi connectivity index (χ0v) is 13.3. The Bertz CT molecular complexity index is 487. The maximum atomic E-state index is 12.6. The molecule has 1 aliphatic rings. The van der Waals surface area contributed by atoms with Crippen LogP contribution in [-0.4, -0.2) is 57.2 Å². The van der Waals surface area contributed by atoms with Crippen molar-refractivity contribution >= 4 is 5.91 Å². The van der Waals surface area contributed by atoms with Gasteiger partial charge in [-0.15, -0.1) is 0 Å². The zero-order chi connectivity index (χ0) is 14.9. The van der Waals surface area contributed by atoms with E-state index in [1.54, 1.807) is 10.9 Å². The number of aromatic nitrogens is 2. The molecule has 0 aromatic carbocycles. The Labute approximate surface area is 121 Å². The lowest BCUT2D eigenvalue weighted by Gasteiger charge is -2.34. The highest BCUT2D eigenvalue weighted by Crippen LogP contribution is 2.18. The van der Waals surface area contributed by atoms with Crippen molar-refractivity contribution in [2.75, 3.05) is 26.2 Å². The molecule has 0 unspecified atom stereocenters. The third kappa shape index (κ3) is 3.03. The fourth-order valence-corrected chi connectivity index (χ4v) is 2.67. The number of carbonyl (C=O) groups excluding carboxylic acids is 1. The smallest absolute Gasteiger partial charge is 0.257 e. The largest absolute Gasteiger partial charge is 0.337 e. The van der Waals surface area contributed by atoms with Crippen molar-refractivity contribution in [2.24, 2.45) is 7.05 Å². The molecule has 112 valence electrons. The summed E-state index contributed by atoms with van der Waals surface area (Å²) in [7, 11) is 1.87. The molecule has 1 aromatic heterocycles. The van der Waals surface area contributed by atoms with Gasteiger partial charge in [-0.1, -0.05) is 0 Å². The summed E-state index contributed by atoms with van der Waals surface area (Å²) in [6.07, 6.45) is 2.71. The van der Waals surface area contributed by atoms with Gasteiger partial charge < -0.3 is 4.90 Å². The van der Waals surface area contributed by atoms with Gasteiger partial charge in [0, 0.05) is 44.5 Å². The van der Waals surface area contributed by atoms with E-state index in [1.807, 2.05) is 18.9 Å². The van der Waals surface area contributed by atoms with E-state index in [0.717, 1.165) is 43.9 Å². The molecule has 1 aromatic rings. The number of aryl methyl sites for hydroxylation is 1. The van der Waals surface area contributed by atoms with Crippen LogP contribution in [-0.2, 0) is 7.05 Å². The average molecular weight is 278 g/mol. The molecule has 5 heteroatoms. The van der Waals surface area contributed by atoms with E-state index in [0.29, 0.717) is 0 Å². The maximum Gasteiger partial charge on any atom is 0.257 e. The van der Waals surface area contributed by atoms with Crippen molar-refractivity contribution < 1.29 is 4.79 Å². The molecule has 0 bridgehead atoms. The Morgan fingerprint density at radius 2 is 1.90 bits per heavy atom. The van der Waals surface area contributed by atoms with Crippen molar-refractivity contribution in [3.05, 3.63) is 17.5 Å². The van der Waals surface area contributed by atoms with Crippen LogP contribution in [0.1, 0.15) is 43.2 Å². The molecule has 1 fully saturated rings. The lowest BCUT2D eigenvalue weighted by molar-refractivity contribution is 0.0748. The molecule has 20 heavy (non-hydrogen) atoms. The molecule has 0 spiro atoms. The summed E-state index contributed by atoms with van der Waals surface area (Å²) in [5, 5.41) is 4.17. The first-order valence-corrected chi connectivity index (χ1v) is 7.33. The van der Waals surface area contributed by atoms with Gasteiger partial charge >= 0.3 is 0 Å². The van der Waals surface area contributed by atoms with Crippen LogP contribution in [0, 0.1) is 6.92 Å². The summed E-state index contributed by atoms with van der Waals surface area (Å²) in [5.41, 5.74) is 1.84. The summed E-state index contributed by atoms with van der Waals surface area (Å²) < 4.78 is 1.76. The van der Waals surface area contributed by atoms with Gasteiger partial charge in [-0.05, 0) is 34.1 Å². The van der Waals surface area contributed by atoms with Crippen LogP contribution in [0.15, 0.2) is 6.20 Å². The minimum Gasteiger partial charge on any atom is -0.337 e. The van der Waals surface area contributed by atoms with Crippen molar-refractivity contribution in [3.63, 3.8) is 0 Å². The fraction of sp³-hybridized carbons (Fsp3) is 0.733. The standard InChI is InChI=1S/C15H26N4O/c1-12-13(11-16-17(12)5)14(20)18-7-6-8-19(10-9-18)15(2,3)4/h11H,6-10H2,1-5H3. The summed E-state index contributed by atoms with van der Waals surface area (Å²) in [6, 6.07) is 0. The highest BCUT2D eigenvalue weighted by atomic mass is 16.2. The van der Waals surface area contributed by atoms with E-state index in [9.17, 15) is 4.79 Å². The molecular weight excluding hydrogens is 252 g/mol. The number of amides is 1. The molecule has 2 rings (SSSR count). The first kappa shape index (κ1) is 15.0. The number of rotatable bonds is 1. The predicted molar refractivity (Wildman–Crippen MR) is 79.8 cm³/mol. The minimum absolute atomic E-state index is 0.117. The Morgan fingerprint density at radius 3 is 2.45 bits per heavy atom. The molecule has 0 saturated carbocycles. The summed E-state index contributed by atoms with van der Waals surface area (Å²) in [4.78, 5) is 17.0. The van der Waals surface area contributed by atoms with E-state index in [2.05, 4.69) is 30.8 Å². The first-order valence-electron chi connectivity index (χ1n) is 7.33. The monoisotopic (exact) mass is 278 g/mol. The SMILES string of the molecule is Cc1c(C(=O)N2CCCN(C(C)(C)C)CC2)cnn1C. The second kappa shape index (κ2) is 5.56. The molecule has 5 nitrogen and oxygen atoms in total. The zero-order valence-electron chi connectivity index (χ0n) is 13.3. The van der Waals surface area contributed by atoms with E-state index >= 15 is 0 Å². The average Bonchev–Trinajstić information content (AvgIpc) is 2.59. The van der Waals surface area contributed by atoms with Crippen molar-refractivity contribution in [2.45, 2.75) is 39.7 Å². The Balaban J connectivity index is 2.07. The van der Waals surface area contributed by atoms with Gasteiger partial charge in [0.2, 0.25) is 0 Å². The number of hydrogen-bond acceptors (Lipinski definition) is 3. The molecule has 1 saturated heterocycles. The molecule has 0 N–H and O–H groups in total. The molecular formula is C15H26N4O. The lowest BCUT2D eigenvalue weighted by Crippen LogP contribution is -2.44. The van der Waals surface area contributed by atoms with E-state index in [4.69, 9.17) is 0 Å². The van der Waals surface area contributed by atoms with Crippen LogP contribution < -0.4 is 0 Å². The van der Waals surface area contributed by atoms with Gasteiger partial charge in [0.1, 0.15) is 0 Å². The number of hydrogen-bond donors (Lipinski definition) is 0. The normalized spacial score (nSPS) is 18.1. The van der Waals surface area contributed by atoms with Crippen molar-refractivity contribution in [1.82, 2.24) is 19.6 Å². The first-order chi connectivity index (χ1) is 9.30. The fourth-order valence-electron chi connectivity index (χ4n) is 2.67. The summed E-state index contributed by atoms with van der Waals surface area (Å²) in [6.45, 7) is 12.3. The third-order valence-corrected chi connectivity index (χ3v) is 4.20. The van der Waals surface area contributed by atoms with Crippen LogP contribution in [0.4, 0.5) is 0 Å². The Morgan fingerprint density at radius 1 is 1.20 bits per heavy atom. The van der Waals surface area contributed by atoms with E-state index in [-0.39, 0.29) is 11.4 Å². The highest BCUT2D eigenvalue weighted by Gasteiger charge is 2.27. The van der Waals surface area contributed by atoms with Gasteiger partial charge in [-0.2, -0.15) is 5.10 Å². The number of nitrogens with zero attached hydrogens (tertiary/aromatic N) is 4. The van der Waals surface area contributed by atoms with Gasteiger partial charge in [-0.3, -0.25) is 14.4 Å². The molecule has 2 heterocycles. The van der Waals surface area contributed by atoms with Crippen LogP contribution in [0.2, 0.25) is 0 Å². The van der Waals surface area contributed by atoms with Gasteiger partial charge in [0.15, 0.2) is 0 Å². The van der Waals surface area contributed by atoms with Crippen LogP contribution >= 0.6 is 0 Å². The maximum absolute atomic E-state index is 12.6. The quantitative estimate of drug-likeness (QED) is 0.785. The predicted octanol–water partition coefficient (Wildman–Crippen LogP) is 1.67. The van der Waals surface area contributed by atoms with Gasteiger partial charge in [0.25, 0.3) is 5.91 Å². The number of carbonyl (C=O) groups is 1. The Hall–Kier alpha value is -1.36. The molecule has 1 amide bonds. The third-order valence-electron chi connectivity index (χ3n) is 4.20. The molecule has 0 atom stereocenters. The van der Waals surface area contributed by atoms with Crippen LogP contribution in [0.3, 0.4) is 0 Å². The molecule has 1 aliphatic heterocycles. The second-order valence-electron chi connectivity index (χ2n) is 6.57. The summed E-state index contributed by atoms with van der Waals surface area (Å²) >= 11 is 0. The topological polar surface area (TPSA) is 41.4 Å². The molecule has 0 aliphatic carbocycles.